The Morgan fingerprint density at radius 3 is 2.77 bits per heavy atom. The third-order valence-corrected chi connectivity index (χ3v) is 4.28. The van der Waals surface area contributed by atoms with Crippen molar-refractivity contribution in [3.8, 4) is 0 Å². The third kappa shape index (κ3) is 3.20. The molecule has 0 aromatic heterocycles. The van der Waals surface area contributed by atoms with Crippen molar-refractivity contribution in [2.75, 3.05) is 18.0 Å². The first-order valence-electron chi connectivity index (χ1n) is 7.89. The number of hydrogen-bond donors (Lipinski definition) is 1. The van der Waals surface area contributed by atoms with Gasteiger partial charge in [-0.25, -0.2) is 0 Å². The molecule has 3 rings (SSSR count). The van der Waals surface area contributed by atoms with E-state index in [0.717, 1.165) is 25.2 Å². The number of rotatable bonds is 5. The molecule has 0 saturated carbocycles. The van der Waals surface area contributed by atoms with E-state index in [1.807, 2.05) is 29.2 Å². The quantitative estimate of drug-likeness (QED) is 0.860. The molecule has 0 saturated heterocycles. The Kier molecular flexibility index (Phi) is 4.54. The van der Waals surface area contributed by atoms with Crippen LogP contribution in [0.4, 0.5) is 5.69 Å². The summed E-state index contributed by atoms with van der Waals surface area (Å²) in [7, 11) is 0. The zero-order valence-electron chi connectivity index (χ0n) is 13.0. The molecule has 2 aromatic rings. The SMILES string of the molecule is Cc1ccccc1CNCCC(=O)N1CCc2ccccc21. The van der Waals surface area contributed by atoms with Gasteiger partial charge in [-0.1, -0.05) is 42.5 Å². The zero-order chi connectivity index (χ0) is 15.4. The number of nitrogens with one attached hydrogen (secondary N) is 1. The molecule has 0 aliphatic carbocycles. The monoisotopic (exact) mass is 294 g/mol. The lowest BCUT2D eigenvalue weighted by Crippen LogP contribution is -2.31. The first-order chi connectivity index (χ1) is 10.8. The fraction of sp³-hybridized carbons (Fsp3) is 0.316. The maximum Gasteiger partial charge on any atom is 0.228 e. The van der Waals surface area contributed by atoms with Gasteiger partial charge in [0.25, 0.3) is 0 Å². The summed E-state index contributed by atoms with van der Waals surface area (Å²) in [6.07, 6.45) is 1.51. The standard InChI is InChI=1S/C19H22N2O/c1-15-6-2-3-8-17(15)14-20-12-10-19(22)21-13-11-16-7-4-5-9-18(16)21/h2-9,20H,10-14H2,1H3. The maximum absolute atomic E-state index is 12.4. The molecule has 0 spiro atoms. The van der Waals surface area contributed by atoms with Crippen molar-refractivity contribution in [2.45, 2.75) is 26.3 Å². The van der Waals surface area contributed by atoms with E-state index in [0.29, 0.717) is 13.0 Å². The van der Waals surface area contributed by atoms with Gasteiger partial charge in [0, 0.05) is 31.7 Å². The van der Waals surface area contributed by atoms with Gasteiger partial charge in [0.1, 0.15) is 0 Å². The second-order valence-corrected chi connectivity index (χ2v) is 5.78. The highest BCUT2D eigenvalue weighted by Crippen LogP contribution is 2.27. The summed E-state index contributed by atoms with van der Waals surface area (Å²) in [6.45, 7) is 4.46. The van der Waals surface area contributed by atoms with E-state index in [-0.39, 0.29) is 5.91 Å². The molecule has 1 amide bonds. The van der Waals surface area contributed by atoms with Gasteiger partial charge in [0.05, 0.1) is 0 Å². The molecule has 2 aromatic carbocycles. The van der Waals surface area contributed by atoms with Crippen molar-refractivity contribution in [2.24, 2.45) is 0 Å². The minimum atomic E-state index is 0.210. The number of carbonyl (C=O) groups excluding carboxylic acids is 1. The summed E-state index contributed by atoms with van der Waals surface area (Å²) < 4.78 is 0. The molecule has 0 bridgehead atoms. The van der Waals surface area contributed by atoms with Gasteiger partial charge in [-0.15, -0.1) is 0 Å². The number of carbonyl (C=O) groups is 1. The highest BCUT2D eigenvalue weighted by molar-refractivity contribution is 5.95. The van der Waals surface area contributed by atoms with Crippen LogP contribution in [0, 0.1) is 6.92 Å². The first-order valence-corrected chi connectivity index (χ1v) is 7.89. The van der Waals surface area contributed by atoms with Crippen LogP contribution in [0.5, 0.6) is 0 Å². The van der Waals surface area contributed by atoms with Gasteiger partial charge in [-0.3, -0.25) is 4.79 Å². The number of amides is 1. The Morgan fingerprint density at radius 2 is 1.91 bits per heavy atom. The molecule has 0 fully saturated rings. The van der Waals surface area contributed by atoms with E-state index in [4.69, 9.17) is 0 Å². The number of nitrogens with zero attached hydrogens (tertiary/aromatic N) is 1. The van der Waals surface area contributed by atoms with Crippen molar-refractivity contribution >= 4 is 11.6 Å². The van der Waals surface area contributed by atoms with Crippen LogP contribution in [0.3, 0.4) is 0 Å². The van der Waals surface area contributed by atoms with Crippen molar-refractivity contribution in [1.29, 1.82) is 0 Å². The number of fused-ring (bicyclic) bond motifs is 1. The van der Waals surface area contributed by atoms with E-state index in [1.165, 1.54) is 16.7 Å². The molecule has 1 aliphatic heterocycles. The van der Waals surface area contributed by atoms with Gasteiger partial charge >= 0.3 is 0 Å². The molecule has 1 N–H and O–H groups in total. The van der Waals surface area contributed by atoms with Crippen LogP contribution < -0.4 is 10.2 Å². The van der Waals surface area contributed by atoms with E-state index >= 15 is 0 Å². The second-order valence-electron chi connectivity index (χ2n) is 5.78. The summed E-state index contributed by atoms with van der Waals surface area (Å²) in [4.78, 5) is 14.3. The molecule has 3 heteroatoms. The summed E-state index contributed by atoms with van der Waals surface area (Å²) >= 11 is 0. The molecule has 22 heavy (non-hydrogen) atoms. The Morgan fingerprint density at radius 1 is 1.14 bits per heavy atom. The number of aryl methyl sites for hydroxylation is 1. The second kappa shape index (κ2) is 6.75. The molecule has 0 unspecified atom stereocenters. The third-order valence-electron chi connectivity index (χ3n) is 4.28. The minimum absolute atomic E-state index is 0.210. The van der Waals surface area contributed by atoms with Crippen LogP contribution in [-0.4, -0.2) is 19.0 Å². The summed E-state index contributed by atoms with van der Waals surface area (Å²) in [5, 5.41) is 3.37. The largest absolute Gasteiger partial charge is 0.312 e. The lowest BCUT2D eigenvalue weighted by atomic mass is 10.1. The predicted molar refractivity (Wildman–Crippen MR) is 90.0 cm³/mol. The topological polar surface area (TPSA) is 32.3 Å². The highest BCUT2D eigenvalue weighted by Gasteiger charge is 2.23. The first kappa shape index (κ1) is 14.8. The Labute approximate surface area is 132 Å². The Hall–Kier alpha value is -2.13. The van der Waals surface area contributed by atoms with Crippen LogP contribution in [-0.2, 0) is 17.8 Å². The smallest absolute Gasteiger partial charge is 0.228 e. The molecule has 114 valence electrons. The molecular weight excluding hydrogens is 272 g/mol. The molecule has 0 atom stereocenters. The molecule has 1 aliphatic rings. The van der Waals surface area contributed by atoms with E-state index < -0.39 is 0 Å². The lowest BCUT2D eigenvalue weighted by Gasteiger charge is -2.17. The van der Waals surface area contributed by atoms with Gasteiger partial charge < -0.3 is 10.2 Å². The average molecular weight is 294 g/mol. The van der Waals surface area contributed by atoms with Gasteiger partial charge in [0.2, 0.25) is 5.91 Å². The zero-order valence-corrected chi connectivity index (χ0v) is 13.0. The predicted octanol–water partition coefficient (Wildman–Crippen LogP) is 3.06. The average Bonchev–Trinajstić information content (AvgIpc) is 2.97. The normalized spacial score (nSPS) is 13.2. The molecule has 3 nitrogen and oxygen atoms in total. The molecular formula is C19H22N2O. The fourth-order valence-corrected chi connectivity index (χ4v) is 2.96. The van der Waals surface area contributed by atoms with Gasteiger partial charge in [0.15, 0.2) is 0 Å². The maximum atomic E-state index is 12.4. The van der Waals surface area contributed by atoms with Crippen molar-refractivity contribution in [3.63, 3.8) is 0 Å². The van der Waals surface area contributed by atoms with Crippen LogP contribution >= 0.6 is 0 Å². The molecule has 1 heterocycles. The van der Waals surface area contributed by atoms with Crippen LogP contribution in [0.1, 0.15) is 23.1 Å². The van der Waals surface area contributed by atoms with Crippen LogP contribution in [0.15, 0.2) is 48.5 Å². The summed E-state index contributed by atoms with van der Waals surface area (Å²) in [5.74, 6) is 0.210. The van der Waals surface area contributed by atoms with Crippen molar-refractivity contribution in [3.05, 3.63) is 65.2 Å². The highest BCUT2D eigenvalue weighted by atomic mass is 16.2. The molecule has 0 radical (unpaired) electrons. The Balaban J connectivity index is 1.49. The van der Waals surface area contributed by atoms with Crippen LogP contribution in [0.2, 0.25) is 0 Å². The Bertz CT molecular complexity index is 666. The van der Waals surface area contributed by atoms with E-state index in [9.17, 15) is 4.79 Å². The minimum Gasteiger partial charge on any atom is -0.312 e. The summed E-state index contributed by atoms with van der Waals surface area (Å²) in [5.41, 5.74) is 4.95. The number of anilines is 1. The van der Waals surface area contributed by atoms with E-state index in [2.05, 4.69) is 36.5 Å². The fourth-order valence-electron chi connectivity index (χ4n) is 2.96. The summed E-state index contributed by atoms with van der Waals surface area (Å²) in [6, 6.07) is 16.5. The van der Waals surface area contributed by atoms with E-state index in [1.54, 1.807) is 0 Å². The van der Waals surface area contributed by atoms with Gasteiger partial charge in [-0.2, -0.15) is 0 Å². The van der Waals surface area contributed by atoms with Crippen molar-refractivity contribution in [1.82, 2.24) is 5.32 Å². The number of hydrogen-bond acceptors (Lipinski definition) is 2. The number of benzene rings is 2. The number of para-hydroxylation sites is 1. The lowest BCUT2D eigenvalue weighted by molar-refractivity contribution is -0.118. The van der Waals surface area contributed by atoms with Crippen molar-refractivity contribution < 1.29 is 4.79 Å². The van der Waals surface area contributed by atoms with Gasteiger partial charge in [-0.05, 0) is 36.1 Å². The van der Waals surface area contributed by atoms with Crippen LogP contribution in [0.25, 0.3) is 0 Å².